The average Bonchev–Trinajstić information content (AvgIpc) is 2.39. The van der Waals surface area contributed by atoms with Crippen molar-refractivity contribution in [1.82, 2.24) is 15.0 Å². The minimum absolute atomic E-state index is 0.376. The first-order valence-corrected chi connectivity index (χ1v) is 6.32. The second-order valence-electron chi connectivity index (χ2n) is 4.41. The van der Waals surface area contributed by atoms with E-state index in [1.807, 2.05) is 13.8 Å². The molecule has 2 rings (SSSR count). The van der Waals surface area contributed by atoms with Crippen molar-refractivity contribution < 1.29 is 4.39 Å². The van der Waals surface area contributed by atoms with Crippen LogP contribution in [-0.2, 0) is 0 Å². The largest absolute Gasteiger partial charge is 0.368 e. The van der Waals surface area contributed by atoms with Gasteiger partial charge >= 0.3 is 0 Å². The first-order chi connectivity index (χ1) is 9.11. The van der Waals surface area contributed by atoms with Crippen molar-refractivity contribution in [2.24, 2.45) is 0 Å². The van der Waals surface area contributed by atoms with Crippen molar-refractivity contribution in [3.63, 3.8) is 0 Å². The van der Waals surface area contributed by atoms with Gasteiger partial charge in [0.25, 0.3) is 0 Å². The molecule has 0 amide bonds. The van der Waals surface area contributed by atoms with Crippen LogP contribution in [0.5, 0.6) is 0 Å². The number of nitrogens with zero attached hydrogens (tertiary/aromatic N) is 3. The Labute approximate surface area is 112 Å². The predicted octanol–water partition coefficient (Wildman–Crippen LogP) is 3.12. The zero-order valence-corrected chi connectivity index (χ0v) is 11.4. The lowest BCUT2D eigenvalue weighted by Gasteiger charge is -2.12. The van der Waals surface area contributed by atoms with Crippen LogP contribution in [0, 0.1) is 19.7 Å². The van der Waals surface area contributed by atoms with E-state index in [9.17, 15) is 4.39 Å². The normalized spacial score (nSPS) is 10.5. The lowest BCUT2D eigenvalue weighted by atomic mass is 10.2. The quantitative estimate of drug-likeness (QED) is 0.917. The van der Waals surface area contributed by atoms with E-state index in [2.05, 4.69) is 27.2 Å². The van der Waals surface area contributed by atoms with Crippen LogP contribution in [-0.4, -0.2) is 21.5 Å². The smallest absolute Gasteiger partial charge is 0.152 e. The Morgan fingerprint density at radius 3 is 2.58 bits per heavy atom. The van der Waals surface area contributed by atoms with E-state index in [1.54, 1.807) is 6.20 Å². The van der Waals surface area contributed by atoms with Crippen LogP contribution in [0.2, 0.25) is 0 Å². The third-order valence-corrected chi connectivity index (χ3v) is 2.83. The molecule has 2 aromatic rings. The summed E-state index contributed by atoms with van der Waals surface area (Å²) in [6.45, 7) is 6.67. The molecule has 4 nitrogen and oxygen atoms in total. The van der Waals surface area contributed by atoms with Crippen LogP contribution in [0.4, 0.5) is 10.2 Å². The molecule has 0 fully saturated rings. The van der Waals surface area contributed by atoms with Gasteiger partial charge in [-0.3, -0.25) is 4.98 Å². The van der Waals surface area contributed by atoms with Crippen LogP contribution in [0.25, 0.3) is 11.3 Å². The molecule has 1 N–H and O–H groups in total. The van der Waals surface area contributed by atoms with Crippen molar-refractivity contribution in [2.45, 2.75) is 27.2 Å². The van der Waals surface area contributed by atoms with Crippen molar-refractivity contribution in [2.75, 3.05) is 11.9 Å². The number of pyridine rings is 1. The summed E-state index contributed by atoms with van der Waals surface area (Å²) in [5.74, 6) is 0.302. The van der Waals surface area contributed by atoms with Crippen molar-refractivity contribution in [1.29, 1.82) is 0 Å². The summed E-state index contributed by atoms with van der Waals surface area (Å²) in [5, 5.41) is 3.23. The number of nitrogens with one attached hydrogen (secondary N) is 1. The SMILES string of the molecule is CCCNc1nc(C)c(C)nc1-c1cncc(F)c1. The summed E-state index contributed by atoms with van der Waals surface area (Å²) >= 11 is 0. The molecule has 0 radical (unpaired) electrons. The molecular weight excluding hydrogens is 243 g/mol. The van der Waals surface area contributed by atoms with Crippen molar-refractivity contribution in [3.8, 4) is 11.3 Å². The molecule has 5 heteroatoms. The van der Waals surface area contributed by atoms with Crippen LogP contribution < -0.4 is 5.32 Å². The molecule has 0 spiro atoms. The first-order valence-electron chi connectivity index (χ1n) is 6.32. The van der Waals surface area contributed by atoms with Gasteiger partial charge < -0.3 is 5.32 Å². The average molecular weight is 260 g/mol. The summed E-state index contributed by atoms with van der Waals surface area (Å²) in [6, 6.07) is 1.42. The Balaban J connectivity index is 2.50. The van der Waals surface area contributed by atoms with Gasteiger partial charge in [0.15, 0.2) is 5.82 Å². The molecule has 0 aliphatic heterocycles. The Kier molecular flexibility index (Phi) is 4.04. The van der Waals surface area contributed by atoms with Gasteiger partial charge in [-0.25, -0.2) is 14.4 Å². The maximum Gasteiger partial charge on any atom is 0.152 e. The molecule has 19 heavy (non-hydrogen) atoms. The minimum atomic E-state index is -0.376. The lowest BCUT2D eigenvalue weighted by molar-refractivity contribution is 0.622. The number of hydrogen-bond donors (Lipinski definition) is 1. The number of anilines is 1. The van der Waals surface area contributed by atoms with Gasteiger partial charge in [0.2, 0.25) is 0 Å². The van der Waals surface area contributed by atoms with Gasteiger partial charge in [-0.2, -0.15) is 0 Å². The number of aromatic nitrogens is 3. The van der Waals surface area contributed by atoms with E-state index in [0.717, 1.165) is 24.4 Å². The third kappa shape index (κ3) is 3.05. The zero-order chi connectivity index (χ0) is 13.8. The topological polar surface area (TPSA) is 50.7 Å². The second kappa shape index (κ2) is 5.73. The molecule has 0 atom stereocenters. The molecule has 100 valence electrons. The summed E-state index contributed by atoms with van der Waals surface area (Å²) in [5.41, 5.74) is 2.98. The lowest BCUT2D eigenvalue weighted by Crippen LogP contribution is -2.07. The highest BCUT2D eigenvalue weighted by atomic mass is 19.1. The third-order valence-electron chi connectivity index (χ3n) is 2.83. The zero-order valence-electron chi connectivity index (χ0n) is 11.4. The molecule has 0 aromatic carbocycles. The predicted molar refractivity (Wildman–Crippen MR) is 73.5 cm³/mol. The van der Waals surface area contributed by atoms with Gasteiger partial charge in [-0.1, -0.05) is 6.92 Å². The fraction of sp³-hybridized carbons (Fsp3) is 0.357. The molecule has 0 saturated heterocycles. The minimum Gasteiger partial charge on any atom is -0.368 e. The molecule has 0 bridgehead atoms. The molecule has 0 unspecified atom stereocenters. The molecule has 2 aromatic heterocycles. The number of aryl methyl sites for hydroxylation is 2. The van der Waals surface area contributed by atoms with Crippen molar-refractivity contribution >= 4 is 5.82 Å². The fourth-order valence-electron chi connectivity index (χ4n) is 1.71. The number of halogens is 1. The summed E-state index contributed by atoms with van der Waals surface area (Å²) < 4.78 is 13.3. The molecule has 2 heterocycles. The van der Waals surface area contributed by atoms with E-state index in [-0.39, 0.29) is 5.82 Å². The summed E-state index contributed by atoms with van der Waals surface area (Å²) in [7, 11) is 0. The monoisotopic (exact) mass is 260 g/mol. The maximum absolute atomic E-state index is 13.3. The highest BCUT2D eigenvalue weighted by Gasteiger charge is 2.12. The van der Waals surface area contributed by atoms with Gasteiger partial charge in [-0.05, 0) is 26.3 Å². The van der Waals surface area contributed by atoms with E-state index in [0.29, 0.717) is 17.1 Å². The second-order valence-corrected chi connectivity index (χ2v) is 4.41. The summed E-state index contributed by atoms with van der Waals surface area (Å²) in [6.07, 6.45) is 3.76. The Hall–Kier alpha value is -2.04. The standard InChI is InChI=1S/C14H17FN4/c1-4-5-17-14-13(18-9(2)10(3)19-14)11-6-12(15)8-16-7-11/h6-8H,4-5H2,1-3H3,(H,17,19). The number of hydrogen-bond acceptors (Lipinski definition) is 4. The number of rotatable bonds is 4. The van der Waals surface area contributed by atoms with Crippen LogP contribution in [0.15, 0.2) is 18.5 Å². The fourth-order valence-corrected chi connectivity index (χ4v) is 1.71. The van der Waals surface area contributed by atoms with E-state index in [1.165, 1.54) is 12.3 Å². The van der Waals surface area contributed by atoms with Gasteiger partial charge in [0.05, 0.1) is 17.6 Å². The highest BCUT2D eigenvalue weighted by molar-refractivity contribution is 5.71. The van der Waals surface area contributed by atoms with Crippen LogP contribution in [0.3, 0.4) is 0 Å². The van der Waals surface area contributed by atoms with E-state index >= 15 is 0 Å². The Morgan fingerprint density at radius 1 is 1.16 bits per heavy atom. The van der Waals surface area contributed by atoms with Crippen LogP contribution in [0.1, 0.15) is 24.7 Å². The van der Waals surface area contributed by atoms with Crippen LogP contribution >= 0.6 is 0 Å². The Morgan fingerprint density at radius 2 is 1.89 bits per heavy atom. The summed E-state index contributed by atoms with van der Waals surface area (Å²) in [4.78, 5) is 12.9. The molecule has 0 aliphatic carbocycles. The molecule has 0 aliphatic rings. The van der Waals surface area contributed by atoms with E-state index in [4.69, 9.17) is 0 Å². The van der Waals surface area contributed by atoms with Gasteiger partial charge in [0.1, 0.15) is 11.5 Å². The molecule has 0 saturated carbocycles. The first kappa shape index (κ1) is 13.4. The maximum atomic E-state index is 13.3. The Bertz CT molecular complexity index is 584. The van der Waals surface area contributed by atoms with Crippen molar-refractivity contribution in [3.05, 3.63) is 35.7 Å². The van der Waals surface area contributed by atoms with Gasteiger partial charge in [0, 0.05) is 18.3 Å². The van der Waals surface area contributed by atoms with Gasteiger partial charge in [-0.15, -0.1) is 0 Å². The van der Waals surface area contributed by atoms with E-state index < -0.39 is 0 Å². The highest BCUT2D eigenvalue weighted by Crippen LogP contribution is 2.25. The molecular formula is C14H17FN4.